The topological polar surface area (TPSA) is 29.5 Å². The lowest BCUT2D eigenvalue weighted by Crippen LogP contribution is -2.46. The van der Waals surface area contributed by atoms with Crippen LogP contribution in [0.15, 0.2) is 0 Å². The number of ether oxygens (including phenoxy) is 1. The van der Waals surface area contributed by atoms with Crippen LogP contribution >= 0.6 is 0 Å². The molecule has 1 aliphatic heterocycles. The molecule has 0 aromatic rings. The Morgan fingerprint density at radius 3 is 2.25 bits per heavy atom. The van der Waals surface area contributed by atoms with E-state index in [1.54, 1.807) is 4.90 Å². The Balaban J connectivity index is 2.45. The van der Waals surface area contributed by atoms with Crippen LogP contribution in [0.1, 0.15) is 47.0 Å². The number of hydrogen-bond donors (Lipinski definition) is 0. The summed E-state index contributed by atoms with van der Waals surface area (Å²) in [4.78, 5) is 13.3. The molecule has 0 N–H and O–H groups in total. The molecule has 0 aromatic carbocycles. The first-order valence-electron chi connectivity index (χ1n) is 5.93. The van der Waals surface area contributed by atoms with Crippen molar-refractivity contribution in [1.82, 2.24) is 4.90 Å². The van der Waals surface area contributed by atoms with Gasteiger partial charge in [-0.2, -0.15) is 0 Å². The van der Waals surface area contributed by atoms with Crippen molar-refractivity contribution in [1.29, 1.82) is 0 Å². The lowest BCUT2D eigenvalue weighted by molar-refractivity contribution is 0.00252. The van der Waals surface area contributed by atoms with E-state index in [9.17, 15) is 9.18 Å². The highest BCUT2D eigenvalue weighted by Gasteiger charge is 2.35. The van der Waals surface area contributed by atoms with Gasteiger partial charge in [0, 0.05) is 13.1 Å². The van der Waals surface area contributed by atoms with Gasteiger partial charge >= 0.3 is 6.09 Å². The molecule has 0 radical (unpaired) electrons. The summed E-state index contributed by atoms with van der Waals surface area (Å²) < 4.78 is 19.1. The van der Waals surface area contributed by atoms with Crippen molar-refractivity contribution in [3.8, 4) is 0 Å². The lowest BCUT2D eigenvalue weighted by Gasteiger charge is -2.36. The number of nitrogens with zero attached hydrogens (tertiary/aromatic N) is 1. The minimum atomic E-state index is -1.08. The molecule has 0 spiro atoms. The zero-order chi connectivity index (χ0) is 12.4. The Kier molecular flexibility index (Phi) is 3.81. The fourth-order valence-corrected chi connectivity index (χ4v) is 1.77. The normalized spacial score (nSPS) is 20.7. The molecule has 4 heteroatoms. The predicted octanol–water partition coefficient (Wildman–Crippen LogP) is 3.14. The van der Waals surface area contributed by atoms with Gasteiger partial charge in [-0.1, -0.05) is 6.92 Å². The summed E-state index contributed by atoms with van der Waals surface area (Å²) in [6.07, 6.45) is 1.03. The van der Waals surface area contributed by atoms with E-state index in [0.717, 1.165) is 0 Å². The molecule has 0 aromatic heterocycles. The molecule has 0 saturated carbocycles. The van der Waals surface area contributed by atoms with Crippen LogP contribution in [0.2, 0.25) is 0 Å². The molecule has 0 aliphatic carbocycles. The molecule has 3 nitrogen and oxygen atoms in total. The van der Waals surface area contributed by atoms with E-state index >= 15 is 0 Å². The molecule has 0 atom stereocenters. The summed E-state index contributed by atoms with van der Waals surface area (Å²) in [6.45, 7) is 8.27. The number of likely N-dealkylation sites (tertiary alicyclic amines) is 1. The van der Waals surface area contributed by atoms with E-state index in [2.05, 4.69) is 0 Å². The number of amides is 1. The monoisotopic (exact) mass is 231 g/mol. The van der Waals surface area contributed by atoms with Gasteiger partial charge in [0.15, 0.2) is 0 Å². The number of halogens is 1. The summed E-state index contributed by atoms with van der Waals surface area (Å²) >= 11 is 0. The summed E-state index contributed by atoms with van der Waals surface area (Å²) in [5.74, 6) is 0. The number of rotatable bonds is 1. The first-order chi connectivity index (χ1) is 7.26. The van der Waals surface area contributed by atoms with E-state index in [-0.39, 0.29) is 6.09 Å². The van der Waals surface area contributed by atoms with E-state index < -0.39 is 11.3 Å². The van der Waals surface area contributed by atoms with Gasteiger partial charge in [-0.3, -0.25) is 0 Å². The van der Waals surface area contributed by atoms with Crippen LogP contribution in [0.5, 0.6) is 0 Å². The second-order valence-electron chi connectivity index (χ2n) is 5.47. The molecular formula is C12H22FNO2. The molecule has 94 valence electrons. The fraction of sp³-hybridized carbons (Fsp3) is 0.917. The van der Waals surface area contributed by atoms with Gasteiger partial charge in [-0.25, -0.2) is 9.18 Å². The second-order valence-corrected chi connectivity index (χ2v) is 5.47. The zero-order valence-corrected chi connectivity index (χ0v) is 10.7. The van der Waals surface area contributed by atoms with E-state index in [4.69, 9.17) is 4.74 Å². The third-order valence-corrected chi connectivity index (χ3v) is 2.94. The maximum absolute atomic E-state index is 13.9. The molecule has 0 bridgehead atoms. The molecule has 1 saturated heterocycles. The molecular weight excluding hydrogens is 209 g/mol. The molecule has 1 amide bonds. The maximum atomic E-state index is 13.9. The Morgan fingerprint density at radius 2 is 1.88 bits per heavy atom. The van der Waals surface area contributed by atoms with Crippen LogP contribution in [0.3, 0.4) is 0 Å². The quantitative estimate of drug-likeness (QED) is 0.694. The first kappa shape index (κ1) is 13.3. The van der Waals surface area contributed by atoms with Gasteiger partial charge in [0.1, 0.15) is 11.3 Å². The number of piperidine rings is 1. The minimum absolute atomic E-state index is 0.328. The average Bonchev–Trinajstić information content (AvgIpc) is 2.16. The van der Waals surface area contributed by atoms with E-state index in [1.165, 1.54) is 0 Å². The fourth-order valence-electron chi connectivity index (χ4n) is 1.77. The van der Waals surface area contributed by atoms with Crippen molar-refractivity contribution in [2.24, 2.45) is 0 Å². The summed E-state index contributed by atoms with van der Waals surface area (Å²) in [5.41, 5.74) is -1.56. The standard InChI is InChI=1S/C12H22FNO2/c1-5-12(13)6-8-14(9-7-12)10(15)16-11(2,3)4/h5-9H2,1-4H3. The van der Waals surface area contributed by atoms with E-state index in [0.29, 0.717) is 32.4 Å². The smallest absolute Gasteiger partial charge is 0.410 e. The Bertz CT molecular complexity index is 252. The van der Waals surface area contributed by atoms with Crippen LogP contribution in [0.25, 0.3) is 0 Å². The Hall–Kier alpha value is -0.800. The highest BCUT2D eigenvalue weighted by atomic mass is 19.1. The zero-order valence-electron chi connectivity index (χ0n) is 10.7. The minimum Gasteiger partial charge on any atom is -0.444 e. The lowest BCUT2D eigenvalue weighted by atomic mass is 9.91. The largest absolute Gasteiger partial charge is 0.444 e. The SMILES string of the molecule is CCC1(F)CCN(C(=O)OC(C)(C)C)CC1. The van der Waals surface area contributed by atoms with Gasteiger partial charge in [0.2, 0.25) is 0 Å². The molecule has 1 rings (SSSR count). The van der Waals surface area contributed by atoms with Crippen molar-refractivity contribution < 1.29 is 13.9 Å². The van der Waals surface area contributed by atoms with Crippen LogP contribution in [0.4, 0.5) is 9.18 Å². The first-order valence-corrected chi connectivity index (χ1v) is 5.93. The van der Waals surface area contributed by atoms with Crippen molar-refractivity contribution >= 4 is 6.09 Å². The number of carbonyl (C=O) groups is 1. The van der Waals surface area contributed by atoms with Gasteiger partial charge in [-0.05, 0) is 40.0 Å². The van der Waals surface area contributed by atoms with Gasteiger partial charge in [-0.15, -0.1) is 0 Å². The van der Waals surface area contributed by atoms with Crippen molar-refractivity contribution in [2.45, 2.75) is 58.2 Å². The summed E-state index contributed by atoms with van der Waals surface area (Å²) in [5, 5.41) is 0. The van der Waals surface area contributed by atoms with Crippen LogP contribution in [-0.2, 0) is 4.74 Å². The third kappa shape index (κ3) is 3.65. The highest BCUT2D eigenvalue weighted by molar-refractivity contribution is 5.68. The maximum Gasteiger partial charge on any atom is 0.410 e. The number of alkyl halides is 1. The van der Waals surface area contributed by atoms with Crippen molar-refractivity contribution in [3.05, 3.63) is 0 Å². The average molecular weight is 231 g/mol. The molecule has 1 fully saturated rings. The number of hydrogen-bond acceptors (Lipinski definition) is 2. The van der Waals surface area contributed by atoms with Crippen molar-refractivity contribution in [2.75, 3.05) is 13.1 Å². The molecule has 0 unspecified atom stereocenters. The molecule has 1 heterocycles. The van der Waals surface area contributed by atoms with Crippen molar-refractivity contribution in [3.63, 3.8) is 0 Å². The molecule has 16 heavy (non-hydrogen) atoms. The summed E-state index contributed by atoms with van der Waals surface area (Å²) in [6, 6.07) is 0. The number of carbonyl (C=O) groups excluding carboxylic acids is 1. The second kappa shape index (κ2) is 4.60. The Labute approximate surface area is 96.9 Å². The molecule has 1 aliphatic rings. The van der Waals surface area contributed by atoms with Gasteiger partial charge < -0.3 is 9.64 Å². The predicted molar refractivity (Wildman–Crippen MR) is 61.2 cm³/mol. The summed E-state index contributed by atoms with van der Waals surface area (Å²) in [7, 11) is 0. The Morgan fingerprint density at radius 1 is 1.38 bits per heavy atom. The van der Waals surface area contributed by atoms with E-state index in [1.807, 2.05) is 27.7 Å². The van der Waals surface area contributed by atoms with Gasteiger partial charge in [0.05, 0.1) is 0 Å². The third-order valence-electron chi connectivity index (χ3n) is 2.94. The van der Waals surface area contributed by atoms with Crippen LogP contribution in [0, 0.1) is 0 Å². The van der Waals surface area contributed by atoms with Gasteiger partial charge in [0.25, 0.3) is 0 Å². The highest BCUT2D eigenvalue weighted by Crippen LogP contribution is 2.30. The van der Waals surface area contributed by atoms with Crippen LogP contribution in [-0.4, -0.2) is 35.4 Å². The van der Waals surface area contributed by atoms with Crippen LogP contribution < -0.4 is 0 Å².